The smallest absolute Gasteiger partial charge is 0.305 e. The molecule has 7 rings (SSSR count). The summed E-state index contributed by atoms with van der Waals surface area (Å²) in [6.45, 7) is 7.15. The van der Waals surface area contributed by atoms with E-state index in [0.29, 0.717) is 38.6 Å². The fourth-order valence-corrected chi connectivity index (χ4v) is 15.4. The summed E-state index contributed by atoms with van der Waals surface area (Å²) in [4.78, 5) is 286. The lowest BCUT2D eigenvalue weighted by Crippen LogP contribution is -2.63. The third-order valence-corrected chi connectivity index (χ3v) is 22.4. The summed E-state index contributed by atoms with van der Waals surface area (Å²) in [5.41, 5.74) is 18.5. The summed E-state index contributed by atoms with van der Waals surface area (Å²) in [7, 11) is 3.05. The number of nitrogens with zero attached hydrogens (tertiary/aromatic N) is 2. The normalized spacial score (nSPS) is 24.2. The van der Waals surface area contributed by atoms with Gasteiger partial charge in [0.1, 0.15) is 90.3 Å². The fraction of sp³-hybridized carbons (Fsp3) is 0.455. The molecule has 15 atom stereocenters. The molecule has 4 bridgehead atoms. The first-order valence-corrected chi connectivity index (χ1v) is 43.6. The van der Waals surface area contributed by atoms with E-state index in [1.807, 2.05) is 0 Å². The topological polar surface area (TPSA) is 696 Å². The van der Waals surface area contributed by atoms with Gasteiger partial charge in [0, 0.05) is 69.8 Å². The lowest BCUT2D eigenvalue weighted by Gasteiger charge is -2.33. The Bertz CT molecular complexity index is 5130. The Labute approximate surface area is 768 Å². The molecule has 16 amide bonds. The number of hydrogen-bond acceptors (Lipinski definition) is 25. The maximum Gasteiger partial charge on any atom is 0.305 e. The molecule has 5 aromatic rings. The SMILES string of the molecule is C[C@H](N)C(=O)N[C@H]1CN(C)Cc2cc3cc(c2)CN(C)C[C@@H](C(N)=O)NC(=O)[C@H](C(C)(C)C)NC(=O)[C@H](CC(=O)O)NC(=O)[C@H](Cc2ccc(O)cc2)NC(=O)[C@H](Cc2ccccc2)NC(=O)[C@H](CC(=O)O)NC(=O)[C@H](CCC(=O)O)NC(=O)[C@@H](CSC3)NC(=O)[C@@H](C)NC(=O)[C@H](Cc2cccc3ccccc23)NC(=O)[C@H](CCC(=O)O)NC(=O)[C@H](CC(N)=O)NC(=O)[C@@H](C)NC1=O. The number of likely N-dealkylation sites (N-methyl/N-ethyl adjacent to an activating group) is 2. The number of thioether (sulfide) groups is 1. The summed E-state index contributed by atoms with van der Waals surface area (Å²) >= 11 is 0.941. The summed E-state index contributed by atoms with van der Waals surface area (Å²) < 4.78 is 0. The number of rotatable bonds is 21. The molecule has 2 aliphatic rings. The molecule has 2 aliphatic heterocycles. The Morgan fingerprint density at radius 3 is 1.38 bits per heavy atom. The van der Waals surface area contributed by atoms with Gasteiger partial charge in [-0.05, 0) is 109 Å². The molecule has 0 saturated heterocycles. The van der Waals surface area contributed by atoms with Crippen LogP contribution in [0.5, 0.6) is 5.75 Å². The Morgan fingerprint density at radius 2 is 0.872 bits per heavy atom. The van der Waals surface area contributed by atoms with E-state index in [4.69, 9.17) is 17.2 Å². The van der Waals surface area contributed by atoms with Gasteiger partial charge < -0.3 is 117 Å². The van der Waals surface area contributed by atoms with Gasteiger partial charge in [0.15, 0.2) is 0 Å². The number of carbonyl (C=O) groups excluding carboxylic acids is 16. The van der Waals surface area contributed by atoms with E-state index in [2.05, 4.69) is 74.4 Å². The van der Waals surface area contributed by atoms with Gasteiger partial charge >= 0.3 is 23.9 Å². The summed E-state index contributed by atoms with van der Waals surface area (Å²) in [5.74, 6) is -26.3. The van der Waals surface area contributed by atoms with E-state index < -0.39 is 284 Å². The van der Waals surface area contributed by atoms with Crippen LogP contribution in [-0.4, -0.2) is 277 Å². The minimum Gasteiger partial charge on any atom is -0.508 e. The molecule has 25 N–H and O–H groups in total. The van der Waals surface area contributed by atoms with Crippen LogP contribution in [0.4, 0.5) is 0 Å². The molecule has 5 aromatic carbocycles. The standard InChI is InChI=1S/C88H115N19O25S/c1-44(89)74(119)103-65-41-107(8)39-50-29-49-30-51(31-50)42-133-43-66(104-76(121)46(3)92-79(124)60(34-53-19-14-18-52-17-12-13-20-55(52)53)99-77(122)56(25-27-68(110)111)94-82(127)61(35-67(90)109)96-75(120)45(2)93-85(65)130)86(131)95-57(26-28-69(112)113)78(123)100-62(36-70(114)115)83(128)98-58(32-47-15-10-9-11-16-47)80(125)97-59(33-48-21-23-54(108)24-22-48)81(126)101-63(37-71(116)117)84(129)105-72(88(4,5)6)87(132)102-64(73(91)118)40-106(7)38-49/h9-24,29-31,44-46,56-66,72,108H,25-28,32-43,89H2,1-8H3,(H2,90,109)(H2,91,118)(H,92,124)(H,93,130)(H,94,127)(H,95,131)(H,96,120)(H,97,125)(H,98,128)(H,99,122)(H,100,123)(H,101,126)(H,102,132)(H,103,119)(H,104,121)(H,105,129)(H,110,111)(H,112,113)(H,114,115)(H,116,117)/t44-,45+,46+,56-,57-,58-,59-,60-,61-,62-,63-,64-,65-,66+,72+/m0/s1. The highest BCUT2D eigenvalue weighted by Crippen LogP contribution is 2.25. The van der Waals surface area contributed by atoms with Crippen LogP contribution in [0.1, 0.15) is 120 Å². The van der Waals surface area contributed by atoms with Crippen LogP contribution >= 0.6 is 11.8 Å². The zero-order valence-corrected chi connectivity index (χ0v) is 75.2. The number of primary amides is 2. The molecule has 0 aromatic heterocycles. The van der Waals surface area contributed by atoms with Crippen molar-refractivity contribution in [2.45, 2.75) is 215 Å². The number of nitrogens with one attached hydrogen (secondary N) is 14. The molecule has 0 aliphatic carbocycles. The lowest BCUT2D eigenvalue weighted by atomic mass is 9.85. The van der Waals surface area contributed by atoms with Gasteiger partial charge in [-0.1, -0.05) is 124 Å². The summed E-state index contributed by atoms with van der Waals surface area (Å²) in [6.07, 6.45) is -8.07. The highest BCUT2D eigenvalue weighted by molar-refractivity contribution is 7.98. The van der Waals surface area contributed by atoms with Crippen molar-refractivity contribution in [2.24, 2.45) is 22.6 Å². The van der Waals surface area contributed by atoms with Gasteiger partial charge in [0.2, 0.25) is 94.5 Å². The van der Waals surface area contributed by atoms with E-state index >= 15 is 19.2 Å². The van der Waals surface area contributed by atoms with Crippen molar-refractivity contribution in [1.29, 1.82) is 0 Å². The minimum atomic E-state index is -2.23. The number of carboxylic acid groups (broad SMARTS) is 4. The van der Waals surface area contributed by atoms with Crippen LogP contribution in [0.15, 0.2) is 115 Å². The number of aliphatic carboxylic acids is 4. The van der Waals surface area contributed by atoms with Crippen LogP contribution in [0.2, 0.25) is 0 Å². The number of benzene rings is 5. The molecule has 0 saturated carbocycles. The first-order valence-electron chi connectivity index (χ1n) is 42.4. The van der Waals surface area contributed by atoms with Crippen molar-refractivity contribution in [3.63, 3.8) is 0 Å². The van der Waals surface area contributed by atoms with Crippen LogP contribution in [-0.2, 0) is 134 Å². The van der Waals surface area contributed by atoms with Crippen LogP contribution < -0.4 is 91.6 Å². The highest BCUT2D eigenvalue weighted by Gasteiger charge is 2.42. The predicted molar refractivity (Wildman–Crippen MR) is 478 cm³/mol. The zero-order chi connectivity index (χ0) is 98.4. The zero-order valence-electron chi connectivity index (χ0n) is 74.4. The highest BCUT2D eigenvalue weighted by atomic mass is 32.2. The Balaban J connectivity index is 1.42. The monoisotopic (exact) mass is 1870 g/mol. The van der Waals surface area contributed by atoms with Gasteiger partial charge in [0.05, 0.1) is 25.3 Å². The first kappa shape index (κ1) is 106. The Morgan fingerprint density at radius 1 is 0.451 bits per heavy atom. The van der Waals surface area contributed by atoms with Gasteiger partial charge in [-0.15, -0.1) is 0 Å². The molecule has 133 heavy (non-hydrogen) atoms. The molecule has 44 nitrogen and oxygen atoms in total. The Hall–Kier alpha value is -14.2. The van der Waals surface area contributed by atoms with E-state index in [1.165, 1.54) is 85.1 Å². The number of phenolic OH excluding ortho intramolecular Hbond substituents is 1. The van der Waals surface area contributed by atoms with Gasteiger partial charge in [0.25, 0.3) is 0 Å². The number of nitrogens with two attached hydrogens (primary N) is 3. The summed E-state index contributed by atoms with van der Waals surface area (Å²) in [6, 6.07) is 2.69. The van der Waals surface area contributed by atoms with Gasteiger partial charge in [-0.3, -0.25) is 106 Å². The van der Waals surface area contributed by atoms with Crippen molar-refractivity contribution < 1.29 is 121 Å². The number of carbonyl (C=O) groups is 20. The second-order valence-electron chi connectivity index (χ2n) is 33.8. The number of amides is 16. The maximum absolute atomic E-state index is 15.4. The number of fused-ring (bicyclic) bond motifs is 6. The van der Waals surface area contributed by atoms with Gasteiger partial charge in [-0.2, -0.15) is 11.8 Å². The lowest BCUT2D eigenvalue weighted by molar-refractivity contribution is -0.142. The van der Waals surface area contributed by atoms with Crippen molar-refractivity contribution in [2.75, 3.05) is 32.9 Å². The molecule has 0 unspecified atom stereocenters. The van der Waals surface area contributed by atoms with Gasteiger partial charge in [-0.25, -0.2) is 0 Å². The molecule has 718 valence electrons. The number of hydrogen-bond donors (Lipinski definition) is 22. The largest absolute Gasteiger partial charge is 0.508 e. The molecule has 0 fully saturated rings. The molecule has 2 heterocycles. The number of aromatic hydroxyl groups is 1. The van der Waals surface area contributed by atoms with E-state index in [1.54, 1.807) is 88.7 Å². The number of phenols is 1. The minimum absolute atomic E-state index is 0.124. The molecule has 45 heteroatoms. The molecular formula is C88H115N19O25S. The van der Waals surface area contributed by atoms with E-state index in [-0.39, 0.29) is 43.2 Å². The quantitative estimate of drug-likeness (QED) is 0.0330. The van der Waals surface area contributed by atoms with Crippen LogP contribution in [0.25, 0.3) is 10.8 Å². The van der Waals surface area contributed by atoms with Crippen LogP contribution in [0, 0.1) is 5.41 Å². The average molecular weight is 1870 g/mol. The summed E-state index contributed by atoms with van der Waals surface area (Å²) in [5, 5.41) is 86.5. The average Bonchev–Trinajstić information content (AvgIpc) is 0.811. The third-order valence-electron chi connectivity index (χ3n) is 21.3. The molecule has 0 radical (unpaired) electrons. The van der Waals surface area contributed by atoms with E-state index in [9.17, 15) is 102 Å². The molecule has 0 spiro atoms. The fourth-order valence-electron chi connectivity index (χ4n) is 14.4. The first-order chi connectivity index (χ1) is 62.6. The van der Waals surface area contributed by atoms with Crippen molar-refractivity contribution in [3.05, 3.63) is 149 Å². The second kappa shape index (κ2) is 49.7. The predicted octanol–water partition coefficient (Wildman–Crippen LogP) is -4.34. The van der Waals surface area contributed by atoms with E-state index in [0.717, 1.165) is 18.7 Å². The third kappa shape index (κ3) is 34.2. The van der Waals surface area contributed by atoms with Crippen molar-refractivity contribution in [1.82, 2.24) is 84.2 Å². The van der Waals surface area contributed by atoms with Crippen molar-refractivity contribution >= 4 is 141 Å². The second-order valence-corrected chi connectivity index (χ2v) is 34.9. The Kier molecular flexibility index (Phi) is 39.6. The van der Waals surface area contributed by atoms with Crippen molar-refractivity contribution in [3.8, 4) is 5.75 Å². The maximum atomic E-state index is 15.4. The molecular weight excluding hydrogens is 1760 g/mol. The van der Waals surface area contributed by atoms with Crippen LogP contribution in [0.3, 0.4) is 0 Å². The number of carboxylic acids is 4.